The first kappa shape index (κ1) is 37.3. The number of carbonyl (C=O) groups excluding carboxylic acids is 2. The van der Waals surface area contributed by atoms with Gasteiger partial charge in [-0.15, -0.1) is 0 Å². The summed E-state index contributed by atoms with van der Waals surface area (Å²) in [4.78, 5) is 25.2. The summed E-state index contributed by atoms with van der Waals surface area (Å²) in [6.07, 6.45) is 11.3. The van der Waals surface area contributed by atoms with Gasteiger partial charge in [-0.1, -0.05) is 78.7 Å². The lowest BCUT2D eigenvalue weighted by atomic mass is 9.84. The molecule has 250 valence electrons. The van der Waals surface area contributed by atoms with Gasteiger partial charge in [0.15, 0.2) is 22.4 Å². The summed E-state index contributed by atoms with van der Waals surface area (Å²) in [6.45, 7) is 26.9. The Hall–Kier alpha value is -1.21. The van der Waals surface area contributed by atoms with Crippen molar-refractivity contribution in [3.05, 3.63) is 11.6 Å². The maximum atomic E-state index is 13.3. The van der Waals surface area contributed by atoms with Crippen LogP contribution in [0, 0.1) is 35.5 Å². The fourth-order valence-corrected chi connectivity index (χ4v) is 9.09. The van der Waals surface area contributed by atoms with Gasteiger partial charge in [-0.25, -0.2) is 0 Å². The first-order chi connectivity index (χ1) is 20.2. The van der Waals surface area contributed by atoms with Crippen LogP contribution in [0.4, 0.5) is 0 Å². The Balaban J connectivity index is 1.85. The third-order valence-electron chi connectivity index (χ3n) is 11.2. The highest BCUT2D eigenvalue weighted by Crippen LogP contribution is 2.50. The molecule has 0 bridgehead atoms. The summed E-state index contributed by atoms with van der Waals surface area (Å²) in [5.41, 5.74) is 0.927. The third kappa shape index (κ3) is 9.66. The highest BCUT2D eigenvalue weighted by Gasteiger charge is 2.50. The van der Waals surface area contributed by atoms with Gasteiger partial charge in [-0.05, 0) is 106 Å². The van der Waals surface area contributed by atoms with Gasteiger partial charge in [-0.3, -0.25) is 9.59 Å². The minimum Gasteiger partial charge on any atom is -0.463 e. The van der Waals surface area contributed by atoms with Crippen LogP contribution in [0.5, 0.6) is 0 Å². The average Bonchev–Trinajstić information content (AvgIpc) is 3.43. The van der Waals surface area contributed by atoms with E-state index in [4.69, 9.17) is 13.6 Å². The minimum atomic E-state index is -2.01. The van der Waals surface area contributed by atoms with E-state index < -0.39 is 16.6 Å². The van der Waals surface area contributed by atoms with Gasteiger partial charge in [0, 0.05) is 18.8 Å². The molecule has 0 aromatic carbocycles. The van der Waals surface area contributed by atoms with Gasteiger partial charge in [0.2, 0.25) is 0 Å². The molecule has 0 aliphatic heterocycles. The first-order valence-electron chi connectivity index (χ1n) is 17.5. The predicted octanol–water partition coefficient (Wildman–Crippen LogP) is 9.62. The van der Waals surface area contributed by atoms with Crippen LogP contribution in [0.25, 0.3) is 0 Å². The van der Waals surface area contributed by atoms with Gasteiger partial charge in [0.25, 0.3) is 0 Å². The number of esters is 1. The molecule has 0 heterocycles. The Kier molecular flexibility index (Phi) is 12.4. The molecule has 0 amide bonds. The fourth-order valence-electron chi connectivity index (χ4n) is 6.49. The van der Waals surface area contributed by atoms with E-state index in [-0.39, 0.29) is 52.5 Å². The quantitative estimate of drug-likeness (QED) is 0.127. The van der Waals surface area contributed by atoms with Crippen molar-refractivity contribution in [3.8, 4) is 11.8 Å². The van der Waals surface area contributed by atoms with Crippen LogP contribution in [0.2, 0.25) is 36.3 Å². The van der Waals surface area contributed by atoms with Crippen LogP contribution in [0.3, 0.4) is 0 Å². The first-order valence-corrected chi connectivity index (χ1v) is 23.3. The number of fused-ring (bicyclic) bond motifs is 1. The molecule has 7 heteroatoms. The number of ether oxygens (including phenoxy) is 1. The minimum absolute atomic E-state index is 0.0372. The van der Waals surface area contributed by atoms with Crippen molar-refractivity contribution < 1.29 is 23.2 Å². The Morgan fingerprint density at radius 2 is 1.55 bits per heavy atom. The zero-order valence-electron chi connectivity index (χ0n) is 30.2. The molecule has 5 atom stereocenters. The number of ketones is 1. The molecule has 2 saturated carbocycles. The van der Waals surface area contributed by atoms with E-state index in [1.807, 2.05) is 13.8 Å². The van der Waals surface area contributed by atoms with E-state index in [1.54, 1.807) is 0 Å². The summed E-state index contributed by atoms with van der Waals surface area (Å²) in [6, 6.07) is 0. The highest BCUT2D eigenvalue weighted by molar-refractivity contribution is 6.74. The molecule has 0 aromatic rings. The Bertz CT molecular complexity index is 1090. The second-order valence-electron chi connectivity index (χ2n) is 17.2. The Morgan fingerprint density at radius 1 is 0.932 bits per heavy atom. The van der Waals surface area contributed by atoms with E-state index in [1.165, 1.54) is 32.1 Å². The van der Waals surface area contributed by atoms with Gasteiger partial charge in [0.05, 0.1) is 12.2 Å². The highest BCUT2D eigenvalue weighted by atomic mass is 28.4. The average molecular weight is 645 g/mol. The molecule has 0 aromatic heterocycles. The van der Waals surface area contributed by atoms with Gasteiger partial charge >= 0.3 is 5.97 Å². The lowest BCUT2D eigenvalue weighted by Gasteiger charge is -2.41. The topological polar surface area (TPSA) is 61.8 Å². The van der Waals surface area contributed by atoms with Crippen molar-refractivity contribution in [2.45, 2.75) is 174 Å². The predicted molar refractivity (Wildman–Crippen MR) is 186 cm³/mol. The number of allylic oxidation sites excluding steroid dienone is 2. The zero-order chi connectivity index (χ0) is 33.1. The van der Waals surface area contributed by atoms with Crippen LogP contribution >= 0.6 is 0 Å². The fraction of sp³-hybridized carbons (Fsp3) is 0.838. The van der Waals surface area contributed by atoms with E-state index in [9.17, 15) is 9.59 Å². The van der Waals surface area contributed by atoms with Crippen molar-refractivity contribution in [3.63, 3.8) is 0 Å². The molecule has 0 saturated heterocycles. The molecule has 2 unspecified atom stereocenters. The number of Topliss-reactive ketones (excluding diaryl/α,β-unsaturated/α-hetero) is 1. The molecule has 3 aliphatic rings. The number of carbonyl (C=O) groups is 2. The van der Waals surface area contributed by atoms with E-state index in [2.05, 4.69) is 85.6 Å². The molecule has 3 aliphatic carbocycles. The zero-order valence-corrected chi connectivity index (χ0v) is 32.2. The SMILES string of the molecule is CC(C)OC(=O)CCCC(=O)C1=CC2C[C@@H](O[Si](C)(C)C(C)(C)C)[C@H](C#C[C@@H](O[Si](C)(C)C(C)(C)C)C3CCCCC3)C2C1. The molecule has 44 heavy (non-hydrogen) atoms. The molecule has 0 N–H and O–H groups in total. The molecule has 2 fully saturated rings. The lowest BCUT2D eigenvalue weighted by molar-refractivity contribution is -0.147. The van der Waals surface area contributed by atoms with Crippen molar-refractivity contribution >= 4 is 28.4 Å². The molecule has 0 radical (unpaired) electrons. The van der Waals surface area contributed by atoms with Gasteiger partial charge in [0.1, 0.15) is 6.10 Å². The summed E-state index contributed by atoms with van der Waals surface area (Å²) in [5, 5.41) is 0.247. The van der Waals surface area contributed by atoms with Gasteiger partial charge < -0.3 is 13.6 Å². The molecular weight excluding hydrogens is 581 g/mol. The monoisotopic (exact) mass is 644 g/mol. The molecule has 3 rings (SSSR count). The normalized spacial score (nSPS) is 25.7. The molecule has 0 spiro atoms. The summed E-state index contributed by atoms with van der Waals surface area (Å²) >= 11 is 0. The third-order valence-corrected chi connectivity index (χ3v) is 20.2. The van der Waals surface area contributed by atoms with E-state index in [0.717, 1.165) is 18.4 Å². The summed E-state index contributed by atoms with van der Waals surface area (Å²) < 4.78 is 19.4. The van der Waals surface area contributed by atoms with Crippen LogP contribution in [-0.4, -0.2) is 46.7 Å². The number of rotatable bonds is 11. The summed E-state index contributed by atoms with van der Waals surface area (Å²) in [7, 11) is -4.02. The van der Waals surface area contributed by atoms with Crippen LogP contribution in [0.1, 0.15) is 120 Å². The van der Waals surface area contributed by atoms with Crippen molar-refractivity contribution in [1.82, 2.24) is 0 Å². The number of hydrogen-bond acceptors (Lipinski definition) is 5. The molecular formula is C37H64O5Si2. The van der Waals surface area contributed by atoms with Gasteiger partial charge in [-0.2, -0.15) is 0 Å². The van der Waals surface area contributed by atoms with Crippen molar-refractivity contribution in [2.75, 3.05) is 0 Å². The largest absolute Gasteiger partial charge is 0.463 e. The maximum Gasteiger partial charge on any atom is 0.306 e. The smallest absolute Gasteiger partial charge is 0.306 e. The van der Waals surface area contributed by atoms with Crippen LogP contribution in [-0.2, 0) is 23.2 Å². The van der Waals surface area contributed by atoms with E-state index >= 15 is 0 Å². The van der Waals surface area contributed by atoms with Crippen LogP contribution in [0.15, 0.2) is 11.6 Å². The Labute approximate surface area is 272 Å². The summed E-state index contributed by atoms with van der Waals surface area (Å²) in [5.74, 6) is 8.72. The number of hydrogen-bond donors (Lipinski definition) is 0. The lowest BCUT2D eigenvalue weighted by Crippen LogP contribution is -2.46. The second-order valence-corrected chi connectivity index (χ2v) is 26.7. The van der Waals surface area contributed by atoms with E-state index in [0.29, 0.717) is 30.6 Å². The van der Waals surface area contributed by atoms with Crippen LogP contribution < -0.4 is 0 Å². The molecule has 5 nitrogen and oxygen atoms in total. The standard InChI is InChI=1S/C37H64O5Si2/c1-26(2)40-35(39)20-16-19-32(38)29-23-28-25-34(42-44(11,12)37(6,7)8)30(31(28)24-29)21-22-33(27-17-14-13-15-18-27)41-43(9,10)36(3,4)5/h23,26-28,30-31,33-34H,13-20,24-25H2,1-12H3/t28?,30-,31?,33-,34-/m1/s1. The Morgan fingerprint density at radius 3 is 2.11 bits per heavy atom. The second kappa shape index (κ2) is 14.7. The van der Waals surface area contributed by atoms with Crippen molar-refractivity contribution in [2.24, 2.45) is 23.7 Å². The van der Waals surface area contributed by atoms with Crippen molar-refractivity contribution in [1.29, 1.82) is 0 Å². The maximum absolute atomic E-state index is 13.3.